The number of benzene rings is 15. The van der Waals surface area contributed by atoms with Gasteiger partial charge in [0.1, 0.15) is 8.07 Å². The summed E-state index contributed by atoms with van der Waals surface area (Å²) in [6.07, 6.45) is 2.88. The molecular weight excluding hydrogens is 1240 g/mol. The van der Waals surface area contributed by atoms with Crippen LogP contribution in [0.2, 0.25) is 13.1 Å². The SMILES string of the molecule is C[Si](C)(c1cc(-n2c3ccccc3c3ccccc32)cc2c1Cc1ccccc1-2)c1cc(-n2c3ccccc3c3ccccc32)cc2c1Cc1ccccc1-2.c1ccc([Si](c2ccccc2)(c2ccccc2)c2cc(-n3c4ccccc4c4ccccc43)cc3c2Cc2ccccc2-3)cc1. The summed E-state index contributed by atoms with van der Waals surface area (Å²) >= 11 is 0. The molecule has 0 N–H and O–H groups in total. The lowest BCUT2D eigenvalue weighted by Gasteiger charge is -2.36. The summed E-state index contributed by atoms with van der Waals surface area (Å²) in [5, 5.41) is 16.5. The van der Waals surface area contributed by atoms with Crippen molar-refractivity contribution in [3.8, 4) is 50.4 Å². The maximum atomic E-state index is 2.62. The first-order valence-corrected chi connectivity index (χ1v) is 40.3. The Bertz CT molecular complexity index is 5870. The third kappa shape index (κ3) is 8.75. The molecule has 3 nitrogen and oxygen atoms in total. The van der Waals surface area contributed by atoms with Gasteiger partial charge in [0.25, 0.3) is 0 Å². The molecule has 3 aliphatic carbocycles. The molecule has 0 fully saturated rings. The van der Waals surface area contributed by atoms with Gasteiger partial charge in [-0.25, -0.2) is 0 Å². The highest BCUT2D eigenvalue weighted by Gasteiger charge is 2.45. The zero-order valence-corrected chi connectivity index (χ0v) is 57.9. The molecule has 0 saturated heterocycles. The molecule has 472 valence electrons. The highest BCUT2D eigenvalue weighted by Crippen LogP contribution is 2.45. The number of rotatable bonds is 9. The van der Waals surface area contributed by atoms with Crippen molar-refractivity contribution in [3.63, 3.8) is 0 Å². The number of para-hydroxylation sites is 6. The Morgan fingerprint density at radius 1 is 0.220 bits per heavy atom. The van der Waals surface area contributed by atoms with Crippen LogP contribution >= 0.6 is 0 Å². The van der Waals surface area contributed by atoms with Crippen LogP contribution in [0.4, 0.5) is 0 Å². The summed E-state index contributed by atoms with van der Waals surface area (Å²) in [6, 6.07) is 130. The Labute approximate surface area is 584 Å². The van der Waals surface area contributed by atoms with Crippen LogP contribution in [0.5, 0.6) is 0 Å². The molecule has 21 rings (SSSR count). The molecule has 0 amide bonds. The van der Waals surface area contributed by atoms with Crippen LogP contribution in [0, 0.1) is 0 Å². The van der Waals surface area contributed by atoms with Crippen molar-refractivity contribution in [1.82, 2.24) is 13.7 Å². The second-order valence-corrected chi connectivity index (χ2v) is 36.2. The van der Waals surface area contributed by atoms with Gasteiger partial charge in [0.2, 0.25) is 0 Å². The molecule has 0 spiro atoms. The first kappa shape index (κ1) is 58.3. The Kier molecular flexibility index (Phi) is 13.3. The number of hydrogen-bond acceptors (Lipinski definition) is 0. The van der Waals surface area contributed by atoms with E-state index >= 15 is 0 Å². The molecule has 3 aromatic heterocycles. The predicted molar refractivity (Wildman–Crippen MR) is 427 cm³/mol. The van der Waals surface area contributed by atoms with Crippen LogP contribution in [0.3, 0.4) is 0 Å². The Hall–Kier alpha value is -11.9. The predicted octanol–water partition coefficient (Wildman–Crippen LogP) is 19.6. The van der Waals surface area contributed by atoms with Gasteiger partial charge in [0.05, 0.1) is 33.1 Å². The molecule has 3 aliphatic rings. The van der Waals surface area contributed by atoms with Gasteiger partial charge in [-0.05, 0) is 190 Å². The lowest BCUT2D eigenvalue weighted by molar-refractivity contribution is 1.17. The molecule has 15 aromatic carbocycles. The maximum absolute atomic E-state index is 2.79. The van der Waals surface area contributed by atoms with E-state index in [0.717, 1.165) is 19.3 Å². The average Bonchev–Trinajstić information content (AvgIpc) is 1.43. The first-order chi connectivity index (χ1) is 49.4. The van der Waals surface area contributed by atoms with Gasteiger partial charge in [0, 0.05) is 49.4 Å². The van der Waals surface area contributed by atoms with E-state index in [9.17, 15) is 0 Å². The van der Waals surface area contributed by atoms with Crippen LogP contribution in [-0.2, 0) is 19.3 Å². The van der Waals surface area contributed by atoms with Gasteiger partial charge in [0.15, 0.2) is 8.07 Å². The van der Waals surface area contributed by atoms with Crippen LogP contribution in [0.1, 0.15) is 33.4 Å². The van der Waals surface area contributed by atoms with Crippen LogP contribution in [-0.4, -0.2) is 29.8 Å². The number of nitrogens with zero attached hydrogens (tertiary/aromatic N) is 3. The van der Waals surface area contributed by atoms with Crippen molar-refractivity contribution in [2.75, 3.05) is 0 Å². The monoisotopic (exact) mass is 1310 g/mol. The van der Waals surface area contributed by atoms with E-state index in [1.807, 2.05) is 0 Å². The van der Waals surface area contributed by atoms with E-state index in [1.54, 1.807) is 0 Å². The maximum Gasteiger partial charge on any atom is 0.180 e. The second-order valence-electron chi connectivity index (χ2n) is 28.1. The van der Waals surface area contributed by atoms with Gasteiger partial charge in [-0.15, -0.1) is 0 Å². The van der Waals surface area contributed by atoms with Crippen molar-refractivity contribution in [2.24, 2.45) is 0 Å². The minimum Gasteiger partial charge on any atom is -0.309 e. The van der Waals surface area contributed by atoms with Crippen molar-refractivity contribution in [1.29, 1.82) is 0 Å². The molecule has 0 unspecified atom stereocenters. The minimum atomic E-state index is -2.79. The van der Waals surface area contributed by atoms with Gasteiger partial charge >= 0.3 is 0 Å². The van der Waals surface area contributed by atoms with E-state index in [0.29, 0.717) is 0 Å². The minimum absolute atomic E-state index is 0.940. The topological polar surface area (TPSA) is 14.8 Å². The number of fused-ring (bicyclic) bond motifs is 18. The summed E-state index contributed by atoms with van der Waals surface area (Å²) in [7, 11) is -5.22. The summed E-state index contributed by atoms with van der Waals surface area (Å²) in [4.78, 5) is 0. The van der Waals surface area contributed by atoms with Crippen molar-refractivity contribution >= 4 is 113 Å². The molecule has 0 saturated carbocycles. The van der Waals surface area contributed by atoms with E-state index in [-0.39, 0.29) is 0 Å². The third-order valence-corrected chi connectivity index (χ3v) is 31.1. The van der Waals surface area contributed by atoms with Crippen LogP contribution < -0.4 is 31.1 Å². The number of hydrogen-bond donors (Lipinski definition) is 0. The third-order valence-electron chi connectivity index (χ3n) is 22.6. The quantitative estimate of drug-likeness (QED) is 0.101. The highest BCUT2D eigenvalue weighted by atomic mass is 28.3. The summed E-state index contributed by atoms with van der Waals surface area (Å²) < 4.78 is 7.54. The fourth-order valence-corrected chi connectivity index (χ4v) is 26.6. The number of aromatic nitrogens is 3. The Morgan fingerprint density at radius 2 is 0.450 bits per heavy atom. The molecule has 0 atom stereocenters. The van der Waals surface area contributed by atoms with E-state index in [4.69, 9.17) is 0 Å². The first-order valence-electron chi connectivity index (χ1n) is 35.3. The summed E-state index contributed by atoms with van der Waals surface area (Å²) in [5.74, 6) is 0. The van der Waals surface area contributed by atoms with Gasteiger partial charge in [-0.1, -0.05) is 286 Å². The fourth-order valence-electron chi connectivity index (χ4n) is 18.3. The molecule has 0 bridgehead atoms. The molecule has 100 heavy (non-hydrogen) atoms. The highest BCUT2D eigenvalue weighted by molar-refractivity contribution is 7.20. The zero-order chi connectivity index (χ0) is 66.2. The molecule has 0 aliphatic heterocycles. The standard InChI is InChI=1S/C52H38N2Si.C43H31NSi/c1-55(2,51-31-35(29-43-37-17-5-3-15-33(37)27-45(43)51)53-47-23-11-7-19-39(47)40-20-8-12-24-48(40)53)52-32-36(30-44-38-18-6-4-16-34(38)28-46(44)52)54-49-25-13-9-21-41(49)42-22-10-14-26-50(42)54;1-4-17-33(18-5-1)45(34-19-6-2-7-20-34,35-21-8-3-9-22-35)43-30-32(29-39-36-23-11-10-16-31(36)28-40(39)43)44-41-26-14-12-24-37(41)38-25-13-15-27-42(38)44/h3-26,29-32H,27-28H2,1-2H3;1-27,29-30H,28H2. The molecular formula is C95H69N3Si2. The molecule has 5 heteroatoms. The van der Waals surface area contributed by atoms with E-state index in [2.05, 4.69) is 373 Å². The van der Waals surface area contributed by atoms with Gasteiger partial charge < -0.3 is 13.7 Å². The lowest BCUT2D eigenvalue weighted by Crippen LogP contribution is -2.75. The van der Waals surface area contributed by atoms with E-state index < -0.39 is 16.1 Å². The summed E-state index contributed by atoms with van der Waals surface area (Å²) in [6.45, 7) is 5.24. The summed E-state index contributed by atoms with van der Waals surface area (Å²) in [5.41, 5.74) is 28.2. The van der Waals surface area contributed by atoms with Crippen molar-refractivity contribution in [2.45, 2.75) is 32.4 Å². The van der Waals surface area contributed by atoms with Crippen molar-refractivity contribution < 1.29 is 0 Å². The largest absolute Gasteiger partial charge is 0.309 e. The smallest absolute Gasteiger partial charge is 0.180 e. The lowest BCUT2D eigenvalue weighted by atomic mass is 10.0. The molecule has 0 radical (unpaired) electrons. The second kappa shape index (κ2) is 22.9. The Balaban J connectivity index is 0.000000138. The van der Waals surface area contributed by atoms with Crippen LogP contribution in [0.25, 0.3) is 116 Å². The normalized spacial score (nSPS) is 12.8. The van der Waals surface area contributed by atoms with Gasteiger partial charge in [-0.2, -0.15) is 0 Å². The van der Waals surface area contributed by atoms with Crippen LogP contribution in [0.15, 0.2) is 346 Å². The van der Waals surface area contributed by atoms with Gasteiger partial charge in [-0.3, -0.25) is 0 Å². The Morgan fingerprint density at radius 3 is 0.740 bits per heavy atom. The van der Waals surface area contributed by atoms with E-state index in [1.165, 1.54) is 180 Å². The average molecular weight is 1310 g/mol. The fraction of sp³-hybridized carbons (Fsp3) is 0.0526. The molecule has 3 heterocycles. The zero-order valence-electron chi connectivity index (χ0n) is 55.9. The molecule has 18 aromatic rings. The van der Waals surface area contributed by atoms with Crippen molar-refractivity contribution in [3.05, 3.63) is 379 Å².